The van der Waals surface area contributed by atoms with Crippen molar-refractivity contribution in [2.75, 3.05) is 0 Å². The van der Waals surface area contributed by atoms with Gasteiger partial charge in [0.05, 0.1) is 17.7 Å². The number of aromatic nitrogens is 1. The highest BCUT2D eigenvalue weighted by Gasteiger charge is 2.12. The van der Waals surface area contributed by atoms with Crippen molar-refractivity contribution in [1.29, 1.82) is 5.26 Å². The number of rotatable bonds is 4. The van der Waals surface area contributed by atoms with Gasteiger partial charge in [-0.3, -0.25) is 9.78 Å². The smallest absolute Gasteiger partial charge is 0.303 e. The SMILES string of the molecule is N#CC(CCC(=O)O)c1ccccn1. The predicted molar refractivity (Wildman–Crippen MR) is 49.5 cm³/mol. The van der Waals surface area contributed by atoms with Crippen molar-refractivity contribution in [3.05, 3.63) is 30.1 Å². The molecule has 4 nitrogen and oxygen atoms in total. The highest BCUT2D eigenvalue weighted by Crippen LogP contribution is 2.17. The van der Waals surface area contributed by atoms with Crippen molar-refractivity contribution in [2.45, 2.75) is 18.8 Å². The van der Waals surface area contributed by atoms with Crippen LogP contribution in [0.25, 0.3) is 0 Å². The van der Waals surface area contributed by atoms with Crippen molar-refractivity contribution in [1.82, 2.24) is 4.98 Å². The zero-order chi connectivity index (χ0) is 10.4. The van der Waals surface area contributed by atoms with Crippen LogP contribution in [0.5, 0.6) is 0 Å². The molecule has 14 heavy (non-hydrogen) atoms. The van der Waals surface area contributed by atoms with Gasteiger partial charge in [-0.15, -0.1) is 0 Å². The number of hydrogen-bond donors (Lipinski definition) is 1. The van der Waals surface area contributed by atoms with Crippen LogP contribution in [0.15, 0.2) is 24.4 Å². The number of pyridine rings is 1. The van der Waals surface area contributed by atoms with Crippen LogP contribution in [0, 0.1) is 11.3 Å². The number of aliphatic carboxylic acids is 1. The van der Waals surface area contributed by atoms with Gasteiger partial charge in [-0.2, -0.15) is 5.26 Å². The molecule has 0 aliphatic carbocycles. The van der Waals surface area contributed by atoms with E-state index in [2.05, 4.69) is 4.98 Å². The van der Waals surface area contributed by atoms with Gasteiger partial charge in [-0.05, 0) is 18.6 Å². The third kappa shape index (κ3) is 2.87. The second kappa shape index (κ2) is 4.97. The fourth-order valence-electron chi connectivity index (χ4n) is 1.13. The van der Waals surface area contributed by atoms with Crippen molar-refractivity contribution in [2.24, 2.45) is 0 Å². The molecule has 0 spiro atoms. The van der Waals surface area contributed by atoms with Crippen molar-refractivity contribution in [3.63, 3.8) is 0 Å². The van der Waals surface area contributed by atoms with Crippen LogP contribution in [0.2, 0.25) is 0 Å². The quantitative estimate of drug-likeness (QED) is 0.781. The van der Waals surface area contributed by atoms with E-state index in [0.717, 1.165) is 0 Å². The first-order valence-corrected chi connectivity index (χ1v) is 4.26. The van der Waals surface area contributed by atoms with Crippen LogP contribution in [0.3, 0.4) is 0 Å². The van der Waals surface area contributed by atoms with Crippen LogP contribution in [-0.4, -0.2) is 16.1 Å². The van der Waals surface area contributed by atoms with E-state index in [4.69, 9.17) is 10.4 Å². The van der Waals surface area contributed by atoms with E-state index in [9.17, 15) is 4.79 Å². The second-order valence-electron chi connectivity index (χ2n) is 2.87. The lowest BCUT2D eigenvalue weighted by molar-refractivity contribution is -0.137. The Morgan fingerprint density at radius 1 is 1.64 bits per heavy atom. The lowest BCUT2D eigenvalue weighted by Crippen LogP contribution is -2.02. The lowest BCUT2D eigenvalue weighted by atomic mass is 10.0. The number of nitriles is 1. The largest absolute Gasteiger partial charge is 0.481 e. The van der Waals surface area contributed by atoms with Crippen molar-refractivity contribution in [3.8, 4) is 6.07 Å². The summed E-state index contributed by atoms with van der Waals surface area (Å²) in [6, 6.07) is 7.32. The fourth-order valence-corrected chi connectivity index (χ4v) is 1.13. The molecule has 0 aliphatic heterocycles. The van der Waals surface area contributed by atoms with Crippen molar-refractivity contribution < 1.29 is 9.90 Å². The first kappa shape index (κ1) is 10.2. The maximum Gasteiger partial charge on any atom is 0.303 e. The molecular weight excluding hydrogens is 180 g/mol. The first-order chi connectivity index (χ1) is 6.74. The van der Waals surface area contributed by atoms with E-state index in [0.29, 0.717) is 12.1 Å². The number of carbonyl (C=O) groups is 1. The molecule has 1 heterocycles. The number of hydrogen-bond acceptors (Lipinski definition) is 3. The summed E-state index contributed by atoms with van der Waals surface area (Å²) in [5.41, 5.74) is 0.635. The Kier molecular flexibility index (Phi) is 3.62. The highest BCUT2D eigenvalue weighted by atomic mass is 16.4. The van der Waals surface area contributed by atoms with Crippen molar-refractivity contribution >= 4 is 5.97 Å². The molecule has 4 heteroatoms. The van der Waals surface area contributed by atoms with Gasteiger partial charge in [0.25, 0.3) is 0 Å². The molecule has 0 saturated heterocycles. The van der Waals surface area contributed by atoms with E-state index in [-0.39, 0.29) is 6.42 Å². The monoisotopic (exact) mass is 190 g/mol. The Morgan fingerprint density at radius 3 is 2.93 bits per heavy atom. The summed E-state index contributed by atoms with van der Waals surface area (Å²) in [5, 5.41) is 17.3. The maximum atomic E-state index is 10.3. The lowest BCUT2D eigenvalue weighted by Gasteiger charge is -2.05. The minimum atomic E-state index is -0.888. The minimum Gasteiger partial charge on any atom is -0.481 e. The molecule has 1 rings (SSSR count). The topological polar surface area (TPSA) is 74.0 Å². The normalized spacial score (nSPS) is 11.6. The van der Waals surface area contributed by atoms with Crippen LogP contribution < -0.4 is 0 Å². The predicted octanol–water partition coefficient (Wildman–Crippen LogP) is 1.55. The van der Waals surface area contributed by atoms with Gasteiger partial charge >= 0.3 is 5.97 Å². The molecule has 0 aromatic carbocycles. The van der Waals surface area contributed by atoms with Gasteiger partial charge in [-0.25, -0.2) is 0 Å². The number of carboxylic acids is 1. The van der Waals surface area contributed by atoms with E-state index in [1.165, 1.54) is 0 Å². The zero-order valence-corrected chi connectivity index (χ0v) is 7.55. The molecule has 0 bridgehead atoms. The van der Waals surface area contributed by atoms with Gasteiger partial charge in [0, 0.05) is 12.6 Å². The summed E-state index contributed by atoms with van der Waals surface area (Å²) in [6.45, 7) is 0. The van der Waals surface area contributed by atoms with Crippen LogP contribution in [0.4, 0.5) is 0 Å². The summed E-state index contributed by atoms with van der Waals surface area (Å²) in [6.07, 6.45) is 1.90. The number of carboxylic acid groups (broad SMARTS) is 1. The van der Waals surface area contributed by atoms with Gasteiger partial charge < -0.3 is 5.11 Å². The van der Waals surface area contributed by atoms with E-state index >= 15 is 0 Å². The average molecular weight is 190 g/mol. The van der Waals surface area contributed by atoms with Crippen LogP contribution >= 0.6 is 0 Å². The Hall–Kier alpha value is -1.89. The third-order valence-corrected chi connectivity index (χ3v) is 1.85. The molecule has 1 N–H and O–H groups in total. The summed E-state index contributed by atoms with van der Waals surface area (Å²) in [5.74, 6) is -1.31. The Bertz CT molecular complexity index is 343. The summed E-state index contributed by atoms with van der Waals surface area (Å²) < 4.78 is 0. The average Bonchev–Trinajstić information content (AvgIpc) is 2.20. The highest BCUT2D eigenvalue weighted by molar-refractivity contribution is 5.66. The Balaban J connectivity index is 2.65. The van der Waals surface area contributed by atoms with Gasteiger partial charge in [0.2, 0.25) is 0 Å². The second-order valence-corrected chi connectivity index (χ2v) is 2.87. The summed E-state index contributed by atoms with van der Waals surface area (Å²) in [4.78, 5) is 14.3. The van der Waals surface area contributed by atoms with E-state index in [1.807, 2.05) is 6.07 Å². The molecule has 1 aromatic heterocycles. The van der Waals surface area contributed by atoms with Crippen LogP contribution in [-0.2, 0) is 4.79 Å². The van der Waals surface area contributed by atoms with E-state index < -0.39 is 11.9 Å². The molecule has 1 unspecified atom stereocenters. The third-order valence-electron chi connectivity index (χ3n) is 1.85. The first-order valence-electron chi connectivity index (χ1n) is 4.26. The Morgan fingerprint density at radius 2 is 2.43 bits per heavy atom. The number of nitrogens with zero attached hydrogens (tertiary/aromatic N) is 2. The Labute approximate surface area is 81.8 Å². The fraction of sp³-hybridized carbons (Fsp3) is 0.300. The maximum absolute atomic E-state index is 10.3. The molecule has 0 radical (unpaired) electrons. The molecule has 0 fully saturated rings. The van der Waals surface area contributed by atoms with Gasteiger partial charge in [-0.1, -0.05) is 6.07 Å². The molecule has 0 saturated carbocycles. The molecule has 0 amide bonds. The van der Waals surface area contributed by atoms with Gasteiger partial charge in [0.15, 0.2) is 0 Å². The van der Waals surface area contributed by atoms with E-state index in [1.54, 1.807) is 24.4 Å². The zero-order valence-electron chi connectivity index (χ0n) is 7.55. The van der Waals surface area contributed by atoms with Gasteiger partial charge in [0.1, 0.15) is 0 Å². The molecule has 72 valence electrons. The molecule has 1 aromatic rings. The molecular formula is C10H10N2O2. The summed E-state index contributed by atoms with van der Waals surface area (Å²) >= 11 is 0. The summed E-state index contributed by atoms with van der Waals surface area (Å²) in [7, 11) is 0. The van der Waals surface area contributed by atoms with Crippen LogP contribution in [0.1, 0.15) is 24.5 Å². The molecule has 1 atom stereocenters. The molecule has 0 aliphatic rings. The minimum absolute atomic E-state index is 0.00516. The standard InChI is InChI=1S/C10H10N2O2/c11-7-8(4-5-10(13)14)9-3-1-2-6-12-9/h1-3,6,8H,4-5H2,(H,13,14).